The van der Waals surface area contributed by atoms with Crippen LogP contribution in [0.15, 0.2) is 79.1 Å². The molecule has 0 aliphatic heterocycles. The van der Waals surface area contributed by atoms with E-state index >= 15 is 0 Å². The first-order valence-electron chi connectivity index (χ1n) is 9.60. The normalized spacial score (nSPS) is 10.6. The van der Waals surface area contributed by atoms with Gasteiger partial charge in [-0.05, 0) is 29.8 Å². The molecule has 0 fully saturated rings. The number of hydrogen-bond acceptors (Lipinski definition) is 6. The summed E-state index contributed by atoms with van der Waals surface area (Å²) >= 11 is 0. The SMILES string of the molecule is CN(C)c1ccccc1C(=O)n1nc(-c2ccncc2)nc1NCc1ccccc1. The molecule has 2 heterocycles. The zero-order valence-electron chi connectivity index (χ0n) is 16.9. The van der Waals surface area contributed by atoms with Crippen LogP contribution in [-0.2, 0) is 6.54 Å². The van der Waals surface area contributed by atoms with Crippen molar-refractivity contribution in [1.29, 1.82) is 0 Å². The third-order valence-corrected chi connectivity index (χ3v) is 4.65. The maximum Gasteiger partial charge on any atom is 0.283 e. The number of hydrogen-bond donors (Lipinski definition) is 1. The highest BCUT2D eigenvalue weighted by molar-refractivity contribution is 6.02. The van der Waals surface area contributed by atoms with Crippen LogP contribution in [0.25, 0.3) is 11.4 Å². The van der Waals surface area contributed by atoms with E-state index in [0.717, 1.165) is 16.8 Å². The van der Waals surface area contributed by atoms with E-state index in [0.29, 0.717) is 23.9 Å². The van der Waals surface area contributed by atoms with Crippen molar-refractivity contribution in [2.75, 3.05) is 24.3 Å². The number of rotatable bonds is 6. The molecule has 30 heavy (non-hydrogen) atoms. The summed E-state index contributed by atoms with van der Waals surface area (Å²) in [5.41, 5.74) is 3.24. The van der Waals surface area contributed by atoms with Gasteiger partial charge in [0, 0.05) is 44.3 Å². The maximum atomic E-state index is 13.4. The van der Waals surface area contributed by atoms with E-state index in [2.05, 4.69) is 20.4 Å². The van der Waals surface area contributed by atoms with Gasteiger partial charge >= 0.3 is 0 Å². The first-order chi connectivity index (χ1) is 14.6. The van der Waals surface area contributed by atoms with Crippen molar-refractivity contribution in [2.45, 2.75) is 6.54 Å². The largest absolute Gasteiger partial charge is 0.377 e. The Morgan fingerprint density at radius 3 is 2.40 bits per heavy atom. The molecule has 0 radical (unpaired) electrons. The van der Waals surface area contributed by atoms with Crippen molar-refractivity contribution in [1.82, 2.24) is 19.7 Å². The standard InChI is InChI=1S/C23H22N6O/c1-28(2)20-11-7-6-10-19(20)22(30)29-23(25-16-17-8-4-3-5-9-17)26-21(27-29)18-12-14-24-15-13-18/h3-15H,16H2,1-2H3,(H,25,26,27). The minimum atomic E-state index is -0.248. The number of carbonyl (C=O) groups is 1. The van der Waals surface area contributed by atoms with Crippen LogP contribution in [0.1, 0.15) is 15.9 Å². The Labute approximate surface area is 175 Å². The Balaban J connectivity index is 1.73. The summed E-state index contributed by atoms with van der Waals surface area (Å²) in [7, 11) is 3.81. The lowest BCUT2D eigenvalue weighted by molar-refractivity contribution is 0.0948. The van der Waals surface area contributed by atoms with Crippen LogP contribution in [0.5, 0.6) is 0 Å². The smallest absolute Gasteiger partial charge is 0.283 e. The van der Waals surface area contributed by atoms with Gasteiger partial charge in [-0.3, -0.25) is 9.78 Å². The highest BCUT2D eigenvalue weighted by atomic mass is 16.2. The van der Waals surface area contributed by atoms with Gasteiger partial charge in [0.05, 0.1) is 5.56 Å². The highest BCUT2D eigenvalue weighted by Gasteiger charge is 2.21. The van der Waals surface area contributed by atoms with E-state index < -0.39 is 0 Å². The van der Waals surface area contributed by atoms with Gasteiger partial charge in [0.25, 0.3) is 5.91 Å². The maximum absolute atomic E-state index is 13.4. The van der Waals surface area contributed by atoms with Crippen molar-refractivity contribution in [3.05, 3.63) is 90.3 Å². The monoisotopic (exact) mass is 398 g/mol. The van der Waals surface area contributed by atoms with Crippen molar-refractivity contribution < 1.29 is 4.79 Å². The Morgan fingerprint density at radius 1 is 0.967 bits per heavy atom. The van der Waals surface area contributed by atoms with Crippen LogP contribution < -0.4 is 10.2 Å². The van der Waals surface area contributed by atoms with E-state index in [1.54, 1.807) is 18.5 Å². The predicted molar refractivity (Wildman–Crippen MR) is 118 cm³/mol. The molecule has 7 nitrogen and oxygen atoms in total. The van der Waals surface area contributed by atoms with Gasteiger partial charge in [0.1, 0.15) is 0 Å². The zero-order valence-corrected chi connectivity index (χ0v) is 16.9. The molecule has 0 saturated carbocycles. The average Bonchev–Trinajstić information content (AvgIpc) is 3.23. The second kappa shape index (κ2) is 8.57. The second-order valence-corrected chi connectivity index (χ2v) is 6.96. The van der Waals surface area contributed by atoms with Gasteiger partial charge in [-0.15, -0.1) is 5.10 Å². The van der Waals surface area contributed by atoms with E-state index in [1.807, 2.05) is 79.7 Å². The molecule has 7 heteroatoms. The Bertz CT molecular complexity index is 1140. The van der Waals surface area contributed by atoms with Crippen molar-refractivity contribution in [2.24, 2.45) is 0 Å². The Hall–Kier alpha value is -4.00. The Kier molecular flexibility index (Phi) is 5.52. The molecule has 0 spiro atoms. The lowest BCUT2D eigenvalue weighted by Crippen LogP contribution is -2.21. The summed E-state index contributed by atoms with van der Waals surface area (Å²) in [5, 5.41) is 7.78. The summed E-state index contributed by atoms with van der Waals surface area (Å²) in [5.74, 6) is 0.607. The topological polar surface area (TPSA) is 75.9 Å². The molecule has 0 saturated heterocycles. The third kappa shape index (κ3) is 4.05. The number of aromatic nitrogens is 4. The number of nitrogens with zero attached hydrogens (tertiary/aromatic N) is 5. The van der Waals surface area contributed by atoms with Gasteiger partial charge in [-0.25, -0.2) is 0 Å². The fraction of sp³-hybridized carbons (Fsp3) is 0.130. The minimum Gasteiger partial charge on any atom is -0.377 e. The van der Waals surface area contributed by atoms with Gasteiger partial charge in [-0.2, -0.15) is 9.67 Å². The molecule has 0 unspecified atom stereocenters. The number of para-hydroxylation sites is 1. The molecule has 2 aromatic heterocycles. The number of nitrogens with one attached hydrogen (secondary N) is 1. The molecule has 4 rings (SSSR count). The first kappa shape index (κ1) is 19.3. The molecule has 150 valence electrons. The molecule has 0 aliphatic carbocycles. The molecule has 2 aromatic carbocycles. The van der Waals surface area contributed by atoms with Gasteiger partial charge in [0.15, 0.2) is 5.82 Å². The summed E-state index contributed by atoms with van der Waals surface area (Å²) in [6, 6.07) is 21.0. The molecule has 0 bridgehead atoms. The third-order valence-electron chi connectivity index (χ3n) is 4.65. The van der Waals surface area contributed by atoms with Gasteiger partial charge < -0.3 is 10.2 Å². The van der Waals surface area contributed by atoms with E-state index in [1.165, 1.54) is 4.68 Å². The zero-order chi connectivity index (χ0) is 20.9. The molecule has 1 N–H and O–H groups in total. The van der Waals surface area contributed by atoms with E-state index in [-0.39, 0.29) is 5.91 Å². The molecule has 0 atom stereocenters. The van der Waals surface area contributed by atoms with Crippen LogP contribution in [-0.4, -0.2) is 39.8 Å². The lowest BCUT2D eigenvalue weighted by atomic mass is 10.1. The minimum absolute atomic E-state index is 0.248. The summed E-state index contributed by atoms with van der Waals surface area (Å²) in [6.45, 7) is 0.526. The van der Waals surface area contributed by atoms with Crippen LogP contribution in [0.4, 0.5) is 11.6 Å². The lowest BCUT2D eigenvalue weighted by Gasteiger charge is -2.16. The van der Waals surface area contributed by atoms with E-state index in [4.69, 9.17) is 0 Å². The van der Waals surface area contributed by atoms with Crippen LogP contribution in [0.2, 0.25) is 0 Å². The fourth-order valence-electron chi connectivity index (χ4n) is 3.13. The Morgan fingerprint density at radius 2 is 1.67 bits per heavy atom. The predicted octanol–water partition coefficient (Wildman–Crippen LogP) is 3.71. The number of carbonyl (C=O) groups excluding carboxylic acids is 1. The summed E-state index contributed by atoms with van der Waals surface area (Å²) in [4.78, 5) is 24.0. The van der Waals surface area contributed by atoms with E-state index in [9.17, 15) is 4.79 Å². The molecule has 4 aromatic rings. The number of benzene rings is 2. The van der Waals surface area contributed by atoms with Gasteiger partial charge in [0.2, 0.25) is 5.95 Å². The van der Waals surface area contributed by atoms with Crippen molar-refractivity contribution in [3.63, 3.8) is 0 Å². The molecule has 0 amide bonds. The highest BCUT2D eigenvalue weighted by Crippen LogP contribution is 2.23. The second-order valence-electron chi connectivity index (χ2n) is 6.96. The van der Waals surface area contributed by atoms with Crippen molar-refractivity contribution >= 4 is 17.5 Å². The van der Waals surface area contributed by atoms with Crippen LogP contribution in [0, 0.1) is 0 Å². The molecule has 0 aliphatic rings. The summed E-state index contributed by atoms with van der Waals surface area (Å²) in [6.07, 6.45) is 3.35. The fourth-order valence-corrected chi connectivity index (χ4v) is 3.13. The number of anilines is 2. The average molecular weight is 398 g/mol. The molecular formula is C23H22N6O. The summed E-state index contributed by atoms with van der Waals surface area (Å²) < 4.78 is 1.33. The number of pyridine rings is 1. The first-order valence-corrected chi connectivity index (χ1v) is 9.60. The van der Waals surface area contributed by atoms with Crippen LogP contribution in [0.3, 0.4) is 0 Å². The quantitative estimate of drug-likeness (QED) is 0.534. The molecular weight excluding hydrogens is 376 g/mol. The van der Waals surface area contributed by atoms with Crippen LogP contribution >= 0.6 is 0 Å². The van der Waals surface area contributed by atoms with Gasteiger partial charge in [-0.1, -0.05) is 42.5 Å². The van der Waals surface area contributed by atoms with Crippen molar-refractivity contribution in [3.8, 4) is 11.4 Å².